The van der Waals surface area contributed by atoms with E-state index < -0.39 is 0 Å². The van der Waals surface area contributed by atoms with Crippen molar-refractivity contribution in [3.63, 3.8) is 0 Å². The number of hydrogen-bond acceptors (Lipinski definition) is 1. The standard InChI is InChI=1S/C14H21Cl2N/c1-4-10(2)7-11(3)17-9-12-5-6-13(15)14(16)8-12/h5-6,8,10-11,17H,4,7,9H2,1-3H3. The van der Waals surface area contributed by atoms with Crippen LogP contribution in [-0.4, -0.2) is 6.04 Å². The Hall–Kier alpha value is -0.240. The Kier molecular flexibility index (Phi) is 6.32. The zero-order valence-electron chi connectivity index (χ0n) is 10.8. The van der Waals surface area contributed by atoms with Crippen LogP contribution in [0.4, 0.5) is 0 Å². The van der Waals surface area contributed by atoms with Gasteiger partial charge in [0, 0.05) is 12.6 Å². The lowest BCUT2D eigenvalue weighted by Gasteiger charge is -2.17. The van der Waals surface area contributed by atoms with Gasteiger partial charge in [-0.05, 0) is 37.0 Å². The lowest BCUT2D eigenvalue weighted by molar-refractivity contribution is 0.412. The first kappa shape index (κ1) is 14.8. The van der Waals surface area contributed by atoms with Crippen LogP contribution in [0.15, 0.2) is 18.2 Å². The summed E-state index contributed by atoms with van der Waals surface area (Å²) >= 11 is 11.9. The Morgan fingerprint density at radius 2 is 1.88 bits per heavy atom. The van der Waals surface area contributed by atoms with Crippen molar-refractivity contribution in [2.75, 3.05) is 0 Å². The van der Waals surface area contributed by atoms with E-state index in [1.54, 1.807) is 0 Å². The molecule has 1 N–H and O–H groups in total. The van der Waals surface area contributed by atoms with E-state index in [0.29, 0.717) is 16.1 Å². The summed E-state index contributed by atoms with van der Waals surface area (Å²) in [5.41, 5.74) is 1.18. The average Bonchev–Trinajstić information content (AvgIpc) is 2.30. The summed E-state index contributed by atoms with van der Waals surface area (Å²) in [5, 5.41) is 4.75. The van der Waals surface area contributed by atoms with Gasteiger partial charge in [0.05, 0.1) is 10.0 Å². The molecule has 0 fully saturated rings. The van der Waals surface area contributed by atoms with Crippen LogP contribution in [-0.2, 0) is 6.54 Å². The summed E-state index contributed by atoms with van der Waals surface area (Å²) in [4.78, 5) is 0. The highest BCUT2D eigenvalue weighted by atomic mass is 35.5. The quantitative estimate of drug-likeness (QED) is 0.777. The van der Waals surface area contributed by atoms with Crippen molar-refractivity contribution < 1.29 is 0 Å². The van der Waals surface area contributed by atoms with Gasteiger partial charge in [-0.25, -0.2) is 0 Å². The number of nitrogens with one attached hydrogen (secondary N) is 1. The number of benzene rings is 1. The van der Waals surface area contributed by atoms with E-state index in [1.165, 1.54) is 18.4 Å². The van der Waals surface area contributed by atoms with Gasteiger partial charge < -0.3 is 5.32 Å². The minimum absolute atomic E-state index is 0.527. The summed E-state index contributed by atoms with van der Waals surface area (Å²) in [6.45, 7) is 7.59. The van der Waals surface area contributed by atoms with Crippen LogP contribution in [0, 0.1) is 5.92 Å². The third-order valence-electron chi connectivity index (χ3n) is 3.09. The van der Waals surface area contributed by atoms with Gasteiger partial charge in [0.15, 0.2) is 0 Å². The number of hydrogen-bond donors (Lipinski definition) is 1. The zero-order chi connectivity index (χ0) is 12.8. The summed E-state index contributed by atoms with van der Waals surface area (Å²) in [5.74, 6) is 0.770. The second-order valence-corrected chi connectivity index (χ2v) is 5.59. The number of halogens is 2. The van der Waals surface area contributed by atoms with Gasteiger partial charge in [0.1, 0.15) is 0 Å². The van der Waals surface area contributed by atoms with Crippen LogP contribution in [0.25, 0.3) is 0 Å². The van der Waals surface area contributed by atoms with E-state index in [4.69, 9.17) is 23.2 Å². The number of rotatable bonds is 6. The van der Waals surface area contributed by atoms with Gasteiger partial charge >= 0.3 is 0 Å². The molecular weight excluding hydrogens is 253 g/mol. The van der Waals surface area contributed by atoms with Crippen LogP contribution in [0.3, 0.4) is 0 Å². The van der Waals surface area contributed by atoms with Gasteiger partial charge in [-0.1, -0.05) is 49.5 Å². The highest BCUT2D eigenvalue weighted by molar-refractivity contribution is 6.42. The maximum Gasteiger partial charge on any atom is 0.0595 e. The molecule has 0 heterocycles. The van der Waals surface area contributed by atoms with E-state index in [-0.39, 0.29) is 0 Å². The molecule has 0 saturated heterocycles. The van der Waals surface area contributed by atoms with Crippen LogP contribution in [0.2, 0.25) is 10.0 Å². The fourth-order valence-electron chi connectivity index (χ4n) is 1.80. The highest BCUT2D eigenvalue weighted by Gasteiger charge is 2.07. The molecular formula is C14H21Cl2N. The third kappa shape index (κ3) is 5.29. The Morgan fingerprint density at radius 3 is 2.47 bits per heavy atom. The van der Waals surface area contributed by atoms with Crippen LogP contribution >= 0.6 is 23.2 Å². The third-order valence-corrected chi connectivity index (χ3v) is 3.83. The Balaban J connectivity index is 2.42. The molecule has 1 aromatic rings. The maximum absolute atomic E-state index is 5.98. The molecule has 3 heteroatoms. The second kappa shape index (κ2) is 7.25. The molecule has 0 aliphatic rings. The van der Waals surface area contributed by atoms with Crippen molar-refractivity contribution in [2.45, 2.75) is 46.2 Å². The maximum atomic E-state index is 5.98. The van der Waals surface area contributed by atoms with Crippen molar-refractivity contribution in [1.29, 1.82) is 0 Å². The Labute approximate surface area is 115 Å². The fourth-order valence-corrected chi connectivity index (χ4v) is 2.12. The van der Waals surface area contributed by atoms with Crippen molar-refractivity contribution in [3.8, 4) is 0 Å². The molecule has 1 rings (SSSR count). The summed E-state index contributed by atoms with van der Waals surface area (Å²) in [6, 6.07) is 6.31. The van der Waals surface area contributed by atoms with Crippen LogP contribution < -0.4 is 5.32 Å². The molecule has 1 nitrogen and oxygen atoms in total. The molecule has 0 amide bonds. The van der Waals surface area contributed by atoms with Gasteiger partial charge in [-0.2, -0.15) is 0 Å². The molecule has 0 saturated carbocycles. The van der Waals surface area contributed by atoms with E-state index in [2.05, 4.69) is 26.1 Å². The van der Waals surface area contributed by atoms with Gasteiger partial charge in [-0.3, -0.25) is 0 Å². The monoisotopic (exact) mass is 273 g/mol. The van der Waals surface area contributed by atoms with E-state index in [1.807, 2.05) is 18.2 Å². The van der Waals surface area contributed by atoms with E-state index >= 15 is 0 Å². The molecule has 17 heavy (non-hydrogen) atoms. The molecule has 0 bridgehead atoms. The summed E-state index contributed by atoms with van der Waals surface area (Å²) < 4.78 is 0. The van der Waals surface area contributed by atoms with Crippen molar-refractivity contribution in [3.05, 3.63) is 33.8 Å². The molecule has 0 aliphatic carbocycles. The first-order chi connectivity index (χ1) is 8.02. The topological polar surface area (TPSA) is 12.0 Å². The molecule has 0 radical (unpaired) electrons. The smallest absolute Gasteiger partial charge is 0.0595 e. The first-order valence-corrected chi connectivity index (χ1v) is 6.95. The van der Waals surface area contributed by atoms with Crippen molar-refractivity contribution in [1.82, 2.24) is 5.32 Å². The van der Waals surface area contributed by atoms with Crippen molar-refractivity contribution in [2.24, 2.45) is 5.92 Å². The van der Waals surface area contributed by atoms with Gasteiger partial charge in [0.2, 0.25) is 0 Å². The molecule has 0 spiro atoms. The normalized spacial score (nSPS) is 14.6. The SMILES string of the molecule is CCC(C)CC(C)NCc1ccc(Cl)c(Cl)c1. The predicted molar refractivity (Wildman–Crippen MR) is 76.8 cm³/mol. The Bertz CT molecular complexity index is 352. The zero-order valence-corrected chi connectivity index (χ0v) is 12.3. The first-order valence-electron chi connectivity index (χ1n) is 6.20. The molecule has 1 aromatic carbocycles. The minimum atomic E-state index is 0.527. The van der Waals surface area contributed by atoms with E-state index in [0.717, 1.165) is 12.5 Å². The average molecular weight is 274 g/mol. The van der Waals surface area contributed by atoms with Gasteiger partial charge in [0.25, 0.3) is 0 Å². The van der Waals surface area contributed by atoms with E-state index in [9.17, 15) is 0 Å². The molecule has 2 unspecified atom stereocenters. The largest absolute Gasteiger partial charge is 0.310 e. The summed E-state index contributed by atoms with van der Waals surface area (Å²) in [6.07, 6.45) is 2.44. The minimum Gasteiger partial charge on any atom is -0.310 e. The Morgan fingerprint density at radius 1 is 1.18 bits per heavy atom. The fraction of sp³-hybridized carbons (Fsp3) is 0.571. The molecule has 96 valence electrons. The highest BCUT2D eigenvalue weighted by Crippen LogP contribution is 2.22. The molecule has 2 atom stereocenters. The summed E-state index contributed by atoms with van der Waals surface area (Å²) in [7, 11) is 0. The predicted octanol–water partition coefficient (Wildman–Crippen LogP) is 4.91. The lowest BCUT2D eigenvalue weighted by Crippen LogP contribution is -2.27. The lowest BCUT2D eigenvalue weighted by atomic mass is 10.0. The van der Waals surface area contributed by atoms with Crippen LogP contribution in [0.5, 0.6) is 0 Å². The van der Waals surface area contributed by atoms with Crippen LogP contribution in [0.1, 0.15) is 39.2 Å². The molecule has 0 aromatic heterocycles. The second-order valence-electron chi connectivity index (χ2n) is 4.78. The molecule has 0 aliphatic heterocycles. The van der Waals surface area contributed by atoms with Gasteiger partial charge in [-0.15, -0.1) is 0 Å². The van der Waals surface area contributed by atoms with Crippen molar-refractivity contribution >= 4 is 23.2 Å².